The largest absolute Gasteiger partial charge is 0.329 e. The van der Waals surface area contributed by atoms with Gasteiger partial charge < -0.3 is 5.73 Å². The molecule has 17 heavy (non-hydrogen) atoms. The van der Waals surface area contributed by atoms with E-state index in [-0.39, 0.29) is 0 Å². The maximum absolute atomic E-state index is 5.56. The molecule has 2 rings (SSSR count). The summed E-state index contributed by atoms with van der Waals surface area (Å²) in [7, 11) is 0. The monoisotopic (exact) mass is 229 g/mol. The first-order valence-electron chi connectivity index (χ1n) is 5.93. The predicted octanol–water partition coefficient (Wildman–Crippen LogP) is 2.43. The summed E-state index contributed by atoms with van der Waals surface area (Å²) in [5.74, 6) is 0. The van der Waals surface area contributed by atoms with Gasteiger partial charge in [0, 0.05) is 17.8 Å². The summed E-state index contributed by atoms with van der Waals surface area (Å²) in [6.07, 6.45) is 1.93. The van der Waals surface area contributed by atoms with Crippen molar-refractivity contribution in [3.63, 3.8) is 0 Å². The molecule has 0 saturated heterocycles. The molecule has 0 unspecified atom stereocenters. The maximum atomic E-state index is 5.56. The third kappa shape index (κ3) is 2.39. The van der Waals surface area contributed by atoms with Gasteiger partial charge in [0.05, 0.1) is 12.7 Å². The third-order valence-corrected chi connectivity index (χ3v) is 2.98. The van der Waals surface area contributed by atoms with Gasteiger partial charge in [0.15, 0.2) is 0 Å². The summed E-state index contributed by atoms with van der Waals surface area (Å²) in [5.41, 5.74) is 11.8. The first kappa shape index (κ1) is 11.9. The fraction of sp³-hybridized carbons (Fsp3) is 0.357. The molecule has 1 heterocycles. The summed E-state index contributed by atoms with van der Waals surface area (Å²) in [5, 5.41) is 4.38. The Kier molecular flexibility index (Phi) is 3.29. The van der Waals surface area contributed by atoms with Gasteiger partial charge in [-0.25, -0.2) is 0 Å². The second kappa shape index (κ2) is 4.72. The highest BCUT2D eigenvalue weighted by molar-refractivity contribution is 5.66. The molecule has 0 aliphatic carbocycles. The summed E-state index contributed by atoms with van der Waals surface area (Å²) >= 11 is 0. The van der Waals surface area contributed by atoms with E-state index in [1.54, 1.807) is 0 Å². The van der Waals surface area contributed by atoms with E-state index in [0.29, 0.717) is 6.54 Å². The van der Waals surface area contributed by atoms with Crippen molar-refractivity contribution in [2.45, 2.75) is 27.3 Å². The summed E-state index contributed by atoms with van der Waals surface area (Å²) in [4.78, 5) is 0. The molecule has 0 aliphatic heterocycles. The molecule has 0 fully saturated rings. The third-order valence-electron chi connectivity index (χ3n) is 2.98. The Labute approximate surface area is 102 Å². The van der Waals surface area contributed by atoms with E-state index < -0.39 is 0 Å². The van der Waals surface area contributed by atoms with Gasteiger partial charge in [0.2, 0.25) is 0 Å². The number of rotatable bonds is 3. The Morgan fingerprint density at radius 3 is 2.35 bits per heavy atom. The average Bonchev–Trinajstić information content (AvgIpc) is 2.60. The molecule has 0 bridgehead atoms. The Morgan fingerprint density at radius 1 is 1.12 bits per heavy atom. The van der Waals surface area contributed by atoms with Crippen LogP contribution in [-0.4, -0.2) is 16.3 Å². The Balaban J connectivity index is 2.45. The van der Waals surface area contributed by atoms with Crippen LogP contribution in [0.3, 0.4) is 0 Å². The highest BCUT2D eigenvalue weighted by Gasteiger charge is 2.08. The highest BCUT2D eigenvalue weighted by atomic mass is 15.3. The van der Waals surface area contributed by atoms with Crippen LogP contribution in [0.15, 0.2) is 24.4 Å². The van der Waals surface area contributed by atoms with Crippen molar-refractivity contribution in [1.29, 1.82) is 0 Å². The molecule has 0 radical (unpaired) electrons. The second-order valence-corrected chi connectivity index (χ2v) is 4.53. The van der Waals surface area contributed by atoms with E-state index in [1.807, 2.05) is 10.9 Å². The minimum absolute atomic E-state index is 0.620. The average molecular weight is 229 g/mol. The summed E-state index contributed by atoms with van der Waals surface area (Å²) in [6, 6.07) is 6.58. The lowest BCUT2D eigenvalue weighted by atomic mass is 10.0. The lowest BCUT2D eigenvalue weighted by Crippen LogP contribution is -2.12. The molecule has 0 atom stereocenters. The van der Waals surface area contributed by atoms with Crippen molar-refractivity contribution >= 4 is 0 Å². The van der Waals surface area contributed by atoms with Gasteiger partial charge in [-0.15, -0.1) is 0 Å². The maximum Gasteiger partial charge on any atom is 0.0571 e. The fourth-order valence-electron chi connectivity index (χ4n) is 2.21. The molecular formula is C14H19N3. The summed E-state index contributed by atoms with van der Waals surface area (Å²) in [6.45, 7) is 7.73. The number of hydrogen-bond acceptors (Lipinski definition) is 2. The zero-order valence-corrected chi connectivity index (χ0v) is 10.7. The van der Waals surface area contributed by atoms with Crippen molar-refractivity contribution in [3.05, 3.63) is 41.2 Å². The van der Waals surface area contributed by atoms with Gasteiger partial charge >= 0.3 is 0 Å². The minimum atomic E-state index is 0.620. The fourth-order valence-corrected chi connectivity index (χ4v) is 2.21. The van der Waals surface area contributed by atoms with Crippen molar-refractivity contribution < 1.29 is 0 Å². The first-order valence-corrected chi connectivity index (χ1v) is 5.93. The Morgan fingerprint density at radius 2 is 1.76 bits per heavy atom. The minimum Gasteiger partial charge on any atom is -0.329 e. The standard InChI is InChI=1S/C14H19N3/c1-10-6-11(2)8-13(7-10)14-9-16-17(5-4-15)12(14)3/h6-9H,4-5,15H2,1-3H3. The number of nitrogens with two attached hydrogens (primary N) is 1. The van der Waals surface area contributed by atoms with Gasteiger partial charge in [0.25, 0.3) is 0 Å². The van der Waals surface area contributed by atoms with Crippen LogP contribution in [0.5, 0.6) is 0 Å². The van der Waals surface area contributed by atoms with Gasteiger partial charge in [-0.3, -0.25) is 4.68 Å². The number of hydrogen-bond donors (Lipinski definition) is 1. The van der Waals surface area contributed by atoms with E-state index in [1.165, 1.54) is 27.9 Å². The van der Waals surface area contributed by atoms with Crippen LogP contribution in [0.1, 0.15) is 16.8 Å². The molecule has 3 nitrogen and oxygen atoms in total. The van der Waals surface area contributed by atoms with E-state index in [0.717, 1.165) is 6.54 Å². The zero-order chi connectivity index (χ0) is 12.4. The first-order chi connectivity index (χ1) is 8.11. The molecule has 1 aromatic carbocycles. The number of benzene rings is 1. The predicted molar refractivity (Wildman–Crippen MR) is 70.9 cm³/mol. The van der Waals surface area contributed by atoms with E-state index in [4.69, 9.17) is 5.73 Å². The SMILES string of the molecule is Cc1cc(C)cc(-c2cnn(CCN)c2C)c1. The van der Waals surface area contributed by atoms with Crippen LogP contribution in [0.25, 0.3) is 11.1 Å². The van der Waals surface area contributed by atoms with E-state index in [2.05, 4.69) is 44.1 Å². The van der Waals surface area contributed by atoms with Crippen LogP contribution in [0.2, 0.25) is 0 Å². The van der Waals surface area contributed by atoms with Crippen LogP contribution in [-0.2, 0) is 6.54 Å². The molecular weight excluding hydrogens is 210 g/mol. The molecule has 2 aromatic rings. The number of aromatic nitrogens is 2. The van der Waals surface area contributed by atoms with Gasteiger partial charge in [0.1, 0.15) is 0 Å². The lowest BCUT2D eigenvalue weighted by molar-refractivity contribution is 0.608. The Hall–Kier alpha value is -1.61. The second-order valence-electron chi connectivity index (χ2n) is 4.53. The molecule has 3 heteroatoms. The van der Waals surface area contributed by atoms with Crippen molar-refractivity contribution in [2.24, 2.45) is 5.73 Å². The quantitative estimate of drug-likeness (QED) is 0.878. The molecule has 0 saturated carbocycles. The smallest absolute Gasteiger partial charge is 0.0571 e. The van der Waals surface area contributed by atoms with Crippen molar-refractivity contribution in [1.82, 2.24) is 9.78 Å². The van der Waals surface area contributed by atoms with Crippen LogP contribution in [0, 0.1) is 20.8 Å². The summed E-state index contributed by atoms with van der Waals surface area (Å²) < 4.78 is 1.97. The van der Waals surface area contributed by atoms with Crippen molar-refractivity contribution in [2.75, 3.05) is 6.54 Å². The molecule has 0 aliphatic rings. The molecule has 0 amide bonds. The zero-order valence-electron chi connectivity index (χ0n) is 10.7. The topological polar surface area (TPSA) is 43.8 Å². The van der Waals surface area contributed by atoms with Crippen LogP contribution in [0.4, 0.5) is 0 Å². The number of nitrogens with zero attached hydrogens (tertiary/aromatic N) is 2. The van der Waals surface area contributed by atoms with Crippen LogP contribution >= 0.6 is 0 Å². The molecule has 2 N–H and O–H groups in total. The highest BCUT2D eigenvalue weighted by Crippen LogP contribution is 2.25. The molecule has 0 spiro atoms. The van der Waals surface area contributed by atoms with Gasteiger partial charge in [-0.05, 0) is 26.3 Å². The van der Waals surface area contributed by atoms with E-state index in [9.17, 15) is 0 Å². The van der Waals surface area contributed by atoms with Gasteiger partial charge in [-0.2, -0.15) is 5.10 Å². The lowest BCUT2D eigenvalue weighted by Gasteiger charge is -2.06. The normalized spacial score (nSPS) is 10.8. The van der Waals surface area contributed by atoms with Crippen LogP contribution < -0.4 is 5.73 Å². The van der Waals surface area contributed by atoms with Gasteiger partial charge in [-0.1, -0.05) is 29.3 Å². The Bertz CT molecular complexity index is 506. The molecule has 1 aromatic heterocycles. The van der Waals surface area contributed by atoms with Crippen molar-refractivity contribution in [3.8, 4) is 11.1 Å². The van der Waals surface area contributed by atoms with E-state index >= 15 is 0 Å². The number of aryl methyl sites for hydroxylation is 2. The molecule has 90 valence electrons.